The zero-order valence-corrected chi connectivity index (χ0v) is 17.7. The number of nitrogens with zero attached hydrogens (tertiary/aromatic N) is 2. The number of hydrogen-bond acceptors (Lipinski definition) is 4. The third kappa shape index (κ3) is 4.24. The van der Waals surface area contributed by atoms with Gasteiger partial charge < -0.3 is 19.3 Å². The first kappa shape index (κ1) is 19.9. The monoisotopic (exact) mass is 420 g/mol. The fraction of sp³-hybridized carbons (Fsp3) is 0.440. The van der Waals surface area contributed by atoms with Crippen molar-refractivity contribution in [2.45, 2.75) is 45.2 Å². The molecule has 3 aliphatic rings. The standard InChI is InChI=1S/C25H28N2O4/c28-24(16-27-15-20-8-4-5-9-21(20)25(27)29)26(13-18-6-2-1-3-7-18)14-19-10-11-22-23(12-19)31-17-30-22/h4-5,8-12,18H,1-3,6-7,13-17H2. The number of carbonyl (C=O) groups is 2. The zero-order chi connectivity index (χ0) is 21.2. The highest BCUT2D eigenvalue weighted by Crippen LogP contribution is 2.33. The van der Waals surface area contributed by atoms with E-state index in [1.165, 1.54) is 32.1 Å². The first-order valence-electron chi connectivity index (χ1n) is 11.2. The molecule has 2 aromatic carbocycles. The van der Waals surface area contributed by atoms with Crippen molar-refractivity contribution >= 4 is 11.8 Å². The van der Waals surface area contributed by atoms with Gasteiger partial charge in [-0.2, -0.15) is 0 Å². The highest BCUT2D eigenvalue weighted by atomic mass is 16.7. The summed E-state index contributed by atoms with van der Waals surface area (Å²) in [6.45, 7) is 2.11. The molecule has 2 aliphatic heterocycles. The molecule has 1 aliphatic carbocycles. The van der Waals surface area contributed by atoms with Gasteiger partial charge in [0.15, 0.2) is 11.5 Å². The fourth-order valence-electron chi connectivity index (χ4n) is 4.90. The summed E-state index contributed by atoms with van der Waals surface area (Å²) in [7, 11) is 0. The zero-order valence-electron chi connectivity index (χ0n) is 17.7. The van der Waals surface area contributed by atoms with Gasteiger partial charge in [-0.15, -0.1) is 0 Å². The SMILES string of the molecule is O=C(CN1Cc2ccccc2C1=O)N(Cc1ccc2c(c1)OCO2)CC1CCCCC1. The van der Waals surface area contributed by atoms with E-state index in [9.17, 15) is 9.59 Å². The van der Waals surface area contributed by atoms with E-state index < -0.39 is 0 Å². The Hall–Kier alpha value is -3.02. The van der Waals surface area contributed by atoms with E-state index in [1.54, 1.807) is 4.90 Å². The number of amides is 2. The lowest BCUT2D eigenvalue weighted by Crippen LogP contribution is -2.42. The minimum Gasteiger partial charge on any atom is -0.454 e. The van der Waals surface area contributed by atoms with E-state index in [0.717, 1.165) is 29.2 Å². The second kappa shape index (κ2) is 8.61. The average molecular weight is 421 g/mol. The van der Waals surface area contributed by atoms with Gasteiger partial charge in [-0.1, -0.05) is 43.5 Å². The van der Waals surface area contributed by atoms with Gasteiger partial charge in [-0.05, 0) is 48.1 Å². The number of rotatable bonds is 6. The maximum atomic E-state index is 13.4. The molecular weight excluding hydrogens is 392 g/mol. The summed E-state index contributed by atoms with van der Waals surface area (Å²) in [5.74, 6) is 1.95. The molecule has 1 saturated carbocycles. The van der Waals surface area contributed by atoms with Crippen LogP contribution in [0.2, 0.25) is 0 Å². The van der Waals surface area contributed by atoms with Crippen molar-refractivity contribution in [3.63, 3.8) is 0 Å². The molecule has 0 bridgehead atoms. The van der Waals surface area contributed by atoms with Gasteiger partial charge in [-0.25, -0.2) is 0 Å². The molecule has 0 aromatic heterocycles. The van der Waals surface area contributed by atoms with Gasteiger partial charge in [0.2, 0.25) is 12.7 Å². The van der Waals surface area contributed by atoms with E-state index in [2.05, 4.69) is 0 Å². The summed E-state index contributed by atoms with van der Waals surface area (Å²) < 4.78 is 10.9. The number of ether oxygens (including phenoxy) is 2. The van der Waals surface area contributed by atoms with Crippen LogP contribution in [0.5, 0.6) is 11.5 Å². The Balaban J connectivity index is 1.31. The van der Waals surface area contributed by atoms with Crippen molar-refractivity contribution in [2.24, 2.45) is 5.92 Å². The summed E-state index contributed by atoms with van der Waals surface area (Å²) in [5.41, 5.74) is 2.73. The van der Waals surface area contributed by atoms with Crippen LogP contribution < -0.4 is 9.47 Å². The molecule has 0 radical (unpaired) electrons. The molecule has 31 heavy (non-hydrogen) atoms. The molecule has 1 fully saturated rings. The molecule has 5 rings (SSSR count). The maximum Gasteiger partial charge on any atom is 0.254 e. The quantitative estimate of drug-likeness (QED) is 0.709. The van der Waals surface area contributed by atoms with Crippen LogP contribution in [-0.2, 0) is 17.9 Å². The lowest BCUT2D eigenvalue weighted by molar-refractivity contribution is -0.133. The summed E-state index contributed by atoms with van der Waals surface area (Å²) in [5, 5.41) is 0. The number of carbonyl (C=O) groups excluding carboxylic acids is 2. The molecule has 0 N–H and O–H groups in total. The van der Waals surface area contributed by atoms with Crippen LogP contribution in [0.4, 0.5) is 0 Å². The van der Waals surface area contributed by atoms with Gasteiger partial charge in [0.25, 0.3) is 5.91 Å². The van der Waals surface area contributed by atoms with Crippen LogP contribution in [-0.4, -0.2) is 41.5 Å². The van der Waals surface area contributed by atoms with E-state index in [-0.39, 0.29) is 25.2 Å². The van der Waals surface area contributed by atoms with E-state index in [4.69, 9.17) is 9.47 Å². The van der Waals surface area contributed by atoms with Crippen molar-refractivity contribution in [2.75, 3.05) is 19.9 Å². The Labute approximate surface area is 182 Å². The van der Waals surface area contributed by atoms with Crippen LogP contribution in [0, 0.1) is 5.92 Å². The molecule has 162 valence electrons. The molecule has 0 atom stereocenters. The Morgan fingerprint density at radius 1 is 1.03 bits per heavy atom. The number of hydrogen-bond donors (Lipinski definition) is 0. The first-order valence-corrected chi connectivity index (χ1v) is 11.2. The molecule has 0 saturated heterocycles. The van der Waals surface area contributed by atoms with E-state index in [1.807, 2.05) is 47.4 Å². The van der Waals surface area contributed by atoms with E-state index >= 15 is 0 Å². The van der Waals surface area contributed by atoms with E-state index in [0.29, 0.717) is 24.6 Å². The minimum atomic E-state index is -0.0513. The smallest absolute Gasteiger partial charge is 0.254 e. The summed E-state index contributed by atoms with van der Waals surface area (Å²) in [6, 6.07) is 13.5. The third-order valence-electron chi connectivity index (χ3n) is 6.59. The lowest BCUT2D eigenvalue weighted by atomic mass is 9.89. The highest BCUT2D eigenvalue weighted by molar-refractivity contribution is 6.00. The second-order valence-corrected chi connectivity index (χ2v) is 8.78. The van der Waals surface area contributed by atoms with Crippen molar-refractivity contribution in [1.82, 2.24) is 9.80 Å². The Morgan fingerprint density at radius 3 is 2.68 bits per heavy atom. The Morgan fingerprint density at radius 2 is 1.84 bits per heavy atom. The van der Waals surface area contributed by atoms with Crippen LogP contribution in [0.3, 0.4) is 0 Å². The summed E-state index contributed by atoms with van der Waals surface area (Å²) in [4.78, 5) is 29.7. The minimum absolute atomic E-state index is 0.00407. The van der Waals surface area contributed by atoms with Gasteiger partial charge in [0.1, 0.15) is 6.54 Å². The predicted octanol–water partition coefficient (Wildman–Crippen LogP) is 3.98. The van der Waals surface area contributed by atoms with Crippen molar-refractivity contribution in [3.05, 3.63) is 59.2 Å². The van der Waals surface area contributed by atoms with Crippen LogP contribution >= 0.6 is 0 Å². The molecular formula is C25H28N2O4. The third-order valence-corrected chi connectivity index (χ3v) is 6.59. The Bertz CT molecular complexity index is 983. The average Bonchev–Trinajstić information content (AvgIpc) is 3.38. The largest absolute Gasteiger partial charge is 0.454 e. The van der Waals surface area contributed by atoms with Crippen molar-refractivity contribution < 1.29 is 19.1 Å². The second-order valence-electron chi connectivity index (χ2n) is 8.78. The van der Waals surface area contributed by atoms with Crippen molar-refractivity contribution in [1.29, 1.82) is 0 Å². The Kier molecular flexibility index (Phi) is 5.53. The molecule has 2 heterocycles. The van der Waals surface area contributed by atoms with Gasteiger partial charge in [-0.3, -0.25) is 9.59 Å². The van der Waals surface area contributed by atoms with Crippen LogP contribution in [0.15, 0.2) is 42.5 Å². The highest BCUT2D eigenvalue weighted by Gasteiger charge is 2.30. The molecule has 0 spiro atoms. The normalized spacial score (nSPS) is 17.7. The number of fused-ring (bicyclic) bond motifs is 2. The molecule has 6 heteroatoms. The lowest BCUT2D eigenvalue weighted by Gasteiger charge is -2.31. The van der Waals surface area contributed by atoms with Gasteiger partial charge in [0.05, 0.1) is 0 Å². The van der Waals surface area contributed by atoms with Crippen molar-refractivity contribution in [3.8, 4) is 11.5 Å². The predicted molar refractivity (Wildman–Crippen MR) is 116 cm³/mol. The number of benzene rings is 2. The molecule has 0 unspecified atom stereocenters. The first-order chi connectivity index (χ1) is 15.2. The summed E-state index contributed by atoms with van der Waals surface area (Å²) >= 11 is 0. The summed E-state index contributed by atoms with van der Waals surface area (Å²) in [6.07, 6.45) is 6.08. The molecule has 6 nitrogen and oxygen atoms in total. The molecule has 2 aromatic rings. The van der Waals surface area contributed by atoms with Gasteiger partial charge in [0, 0.05) is 25.2 Å². The van der Waals surface area contributed by atoms with Crippen LogP contribution in [0.1, 0.15) is 53.6 Å². The topological polar surface area (TPSA) is 59.1 Å². The molecule has 2 amide bonds. The van der Waals surface area contributed by atoms with Gasteiger partial charge >= 0.3 is 0 Å². The van der Waals surface area contributed by atoms with Crippen LogP contribution in [0.25, 0.3) is 0 Å². The fourth-order valence-corrected chi connectivity index (χ4v) is 4.90. The maximum absolute atomic E-state index is 13.4.